The van der Waals surface area contributed by atoms with Crippen LogP contribution in [0.5, 0.6) is 0 Å². The van der Waals surface area contributed by atoms with Crippen molar-refractivity contribution in [2.45, 2.75) is 39.0 Å². The fourth-order valence-corrected chi connectivity index (χ4v) is 3.14. The molecule has 0 radical (unpaired) electrons. The Morgan fingerprint density at radius 3 is 2.38 bits per heavy atom. The maximum absolute atomic E-state index is 12.1. The number of hydrogen-bond acceptors (Lipinski definition) is 4. The van der Waals surface area contributed by atoms with Crippen molar-refractivity contribution >= 4 is 12.2 Å². The number of hydrogen-bond donors (Lipinski definition) is 1. The molecule has 130 valence electrons. The lowest BCUT2D eigenvalue weighted by Crippen LogP contribution is -2.39. The second-order valence-electron chi connectivity index (χ2n) is 7.44. The number of carbonyl (C=O) groups is 2. The third-order valence-corrected chi connectivity index (χ3v) is 4.34. The number of likely N-dealkylation sites (tertiary alicyclic amines) is 1. The van der Waals surface area contributed by atoms with Crippen LogP contribution in [-0.2, 0) is 16.1 Å². The summed E-state index contributed by atoms with van der Waals surface area (Å²) in [4.78, 5) is 25.6. The van der Waals surface area contributed by atoms with Crippen LogP contribution in [0.2, 0.25) is 0 Å². The molecule has 24 heavy (non-hydrogen) atoms. The number of alkyl carbamates (subject to hydrolysis) is 1. The van der Waals surface area contributed by atoms with Crippen LogP contribution in [0.15, 0.2) is 30.3 Å². The van der Waals surface area contributed by atoms with E-state index in [0.717, 1.165) is 5.56 Å². The summed E-state index contributed by atoms with van der Waals surface area (Å²) in [5.41, 5.74) is 0.473. The Hall–Kier alpha value is -2.24. The quantitative estimate of drug-likeness (QED) is 0.924. The molecule has 0 spiro atoms. The number of nitrogens with one attached hydrogen (secondary N) is 1. The topological polar surface area (TPSA) is 67.9 Å². The van der Waals surface area contributed by atoms with Crippen LogP contribution in [0, 0.1) is 11.8 Å². The van der Waals surface area contributed by atoms with Gasteiger partial charge in [-0.1, -0.05) is 30.3 Å². The van der Waals surface area contributed by atoms with Crippen molar-refractivity contribution in [1.29, 1.82) is 0 Å². The van der Waals surface area contributed by atoms with Gasteiger partial charge in [0.2, 0.25) is 0 Å². The normalized spacial score (nSPS) is 25.0. The number of nitrogens with zero attached hydrogens (tertiary/aromatic N) is 1. The Labute approximate surface area is 142 Å². The number of amides is 2. The maximum Gasteiger partial charge on any atom is 0.410 e. The molecule has 1 aliphatic carbocycles. The van der Waals surface area contributed by atoms with Crippen molar-refractivity contribution in [2.75, 3.05) is 13.1 Å². The predicted molar refractivity (Wildman–Crippen MR) is 88.3 cm³/mol. The Balaban J connectivity index is 1.39. The third kappa shape index (κ3) is 3.99. The molecular formula is C18H24N2O4. The molecule has 2 amide bonds. The highest BCUT2D eigenvalue weighted by molar-refractivity contribution is 5.70. The van der Waals surface area contributed by atoms with Gasteiger partial charge in [-0.15, -0.1) is 0 Å². The molecule has 1 aromatic carbocycles. The Kier molecular flexibility index (Phi) is 4.39. The molecule has 1 saturated heterocycles. The third-order valence-electron chi connectivity index (χ3n) is 4.34. The molecule has 2 atom stereocenters. The summed E-state index contributed by atoms with van der Waals surface area (Å²) in [7, 11) is 0. The molecule has 2 fully saturated rings. The molecule has 1 N–H and O–H groups in total. The van der Waals surface area contributed by atoms with Crippen LogP contribution in [0.25, 0.3) is 0 Å². The summed E-state index contributed by atoms with van der Waals surface area (Å²) in [6.07, 6.45) is -0.679. The van der Waals surface area contributed by atoms with E-state index in [-0.39, 0.29) is 24.8 Å². The molecule has 3 rings (SSSR count). The average molecular weight is 332 g/mol. The van der Waals surface area contributed by atoms with E-state index in [2.05, 4.69) is 5.32 Å². The maximum atomic E-state index is 12.1. The van der Waals surface area contributed by atoms with Gasteiger partial charge >= 0.3 is 12.2 Å². The lowest BCUT2D eigenvalue weighted by molar-refractivity contribution is 0.0513. The molecule has 0 bridgehead atoms. The molecular weight excluding hydrogens is 308 g/mol. The second-order valence-corrected chi connectivity index (χ2v) is 7.44. The van der Waals surface area contributed by atoms with E-state index in [1.807, 2.05) is 51.1 Å². The molecule has 2 aliphatic rings. The van der Waals surface area contributed by atoms with Crippen LogP contribution in [-0.4, -0.2) is 41.8 Å². The van der Waals surface area contributed by atoms with Gasteiger partial charge < -0.3 is 19.7 Å². The number of piperidine rings is 1. The van der Waals surface area contributed by atoms with E-state index < -0.39 is 5.60 Å². The van der Waals surface area contributed by atoms with Crippen LogP contribution in [0.3, 0.4) is 0 Å². The first-order valence-electron chi connectivity index (χ1n) is 8.28. The summed E-state index contributed by atoms with van der Waals surface area (Å²) >= 11 is 0. The molecule has 2 unspecified atom stereocenters. The van der Waals surface area contributed by atoms with Gasteiger partial charge in [0.1, 0.15) is 12.2 Å². The van der Waals surface area contributed by atoms with Gasteiger partial charge in [0, 0.05) is 31.0 Å². The van der Waals surface area contributed by atoms with E-state index >= 15 is 0 Å². The van der Waals surface area contributed by atoms with E-state index in [9.17, 15) is 9.59 Å². The van der Waals surface area contributed by atoms with Crippen LogP contribution >= 0.6 is 0 Å². The minimum Gasteiger partial charge on any atom is -0.445 e. The zero-order chi connectivity index (χ0) is 17.3. The predicted octanol–water partition coefficient (Wildman–Crippen LogP) is 2.78. The van der Waals surface area contributed by atoms with E-state index in [4.69, 9.17) is 9.47 Å². The number of carbonyl (C=O) groups excluding carboxylic acids is 2. The molecule has 1 heterocycles. The van der Waals surface area contributed by atoms with Crippen molar-refractivity contribution in [3.63, 3.8) is 0 Å². The minimum atomic E-state index is -0.499. The first-order valence-corrected chi connectivity index (χ1v) is 8.28. The van der Waals surface area contributed by atoms with Crippen LogP contribution in [0.1, 0.15) is 26.3 Å². The SMILES string of the molecule is CC(C)(C)OC(=O)NC1C2CN(C(=O)OCc3ccccc3)CC21. The van der Waals surface area contributed by atoms with Crippen molar-refractivity contribution in [3.8, 4) is 0 Å². The number of rotatable bonds is 3. The zero-order valence-electron chi connectivity index (χ0n) is 14.3. The summed E-state index contributed by atoms with van der Waals surface area (Å²) in [5.74, 6) is 0.614. The smallest absolute Gasteiger partial charge is 0.410 e. The molecule has 1 aliphatic heterocycles. The molecule has 1 saturated carbocycles. The van der Waals surface area contributed by atoms with Crippen molar-refractivity contribution in [1.82, 2.24) is 10.2 Å². The summed E-state index contributed by atoms with van der Waals surface area (Å²) < 4.78 is 10.6. The first-order chi connectivity index (χ1) is 11.3. The van der Waals surface area contributed by atoms with Crippen LogP contribution in [0.4, 0.5) is 9.59 Å². The lowest BCUT2D eigenvalue weighted by Gasteiger charge is -2.22. The molecule has 1 aromatic rings. The van der Waals surface area contributed by atoms with Gasteiger partial charge in [0.15, 0.2) is 0 Å². The highest BCUT2D eigenvalue weighted by atomic mass is 16.6. The van der Waals surface area contributed by atoms with E-state index in [0.29, 0.717) is 24.9 Å². The largest absolute Gasteiger partial charge is 0.445 e. The van der Waals surface area contributed by atoms with Gasteiger partial charge in [0.05, 0.1) is 0 Å². The zero-order valence-corrected chi connectivity index (χ0v) is 14.3. The Morgan fingerprint density at radius 2 is 1.79 bits per heavy atom. The first kappa shape index (κ1) is 16.6. The monoisotopic (exact) mass is 332 g/mol. The van der Waals surface area contributed by atoms with Crippen LogP contribution < -0.4 is 5.32 Å². The summed E-state index contributed by atoms with van der Waals surface area (Å²) in [5, 5.41) is 2.89. The van der Waals surface area contributed by atoms with Gasteiger partial charge in [-0.25, -0.2) is 9.59 Å². The lowest BCUT2D eigenvalue weighted by atomic mass is 10.2. The number of fused-ring (bicyclic) bond motifs is 1. The fourth-order valence-electron chi connectivity index (χ4n) is 3.14. The molecule has 0 aromatic heterocycles. The minimum absolute atomic E-state index is 0.109. The second kappa shape index (κ2) is 6.34. The molecule has 6 nitrogen and oxygen atoms in total. The Bertz CT molecular complexity index is 599. The van der Waals surface area contributed by atoms with Gasteiger partial charge in [-0.3, -0.25) is 0 Å². The summed E-state index contributed by atoms with van der Waals surface area (Å²) in [6, 6.07) is 9.72. The average Bonchev–Trinajstić information content (AvgIpc) is 2.95. The van der Waals surface area contributed by atoms with E-state index in [1.165, 1.54) is 0 Å². The van der Waals surface area contributed by atoms with Crippen molar-refractivity contribution in [2.24, 2.45) is 11.8 Å². The number of benzene rings is 1. The van der Waals surface area contributed by atoms with Gasteiger partial charge in [-0.05, 0) is 26.3 Å². The highest BCUT2D eigenvalue weighted by Gasteiger charge is 2.58. The van der Waals surface area contributed by atoms with Crippen molar-refractivity contribution in [3.05, 3.63) is 35.9 Å². The summed E-state index contributed by atoms with van der Waals surface area (Å²) in [6.45, 7) is 7.04. The van der Waals surface area contributed by atoms with Gasteiger partial charge in [-0.2, -0.15) is 0 Å². The fraction of sp³-hybridized carbons (Fsp3) is 0.556. The standard InChI is InChI=1S/C18H24N2O4/c1-18(2,3)24-16(21)19-15-13-9-20(10-14(13)15)17(22)23-11-12-7-5-4-6-8-12/h4-8,13-15H,9-11H2,1-3H3,(H,19,21). The Morgan fingerprint density at radius 1 is 1.17 bits per heavy atom. The van der Waals surface area contributed by atoms with E-state index in [1.54, 1.807) is 4.90 Å². The number of ether oxygens (including phenoxy) is 2. The van der Waals surface area contributed by atoms with Crippen molar-refractivity contribution < 1.29 is 19.1 Å². The highest BCUT2D eigenvalue weighted by Crippen LogP contribution is 2.45. The van der Waals surface area contributed by atoms with Gasteiger partial charge in [0.25, 0.3) is 0 Å². The molecule has 6 heteroatoms.